The van der Waals surface area contributed by atoms with E-state index >= 15 is 0 Å². The van der Waals surface area contributed by atoms with Crippen LogP contribution in [0.4, 0.5) is 5.69 Å². The molecular formula is C12H17N3O2. The van der Waals surface area contributed by atoms with Crippen LogP contribution < -0.4 is 10.7 Å². The van der Waals surface area contributed by atoms with Gasteiger partial charge in [0.25, 0.3) is 0 Å². The zero-order valence-electron chi connectivity index (χ0n) is 9.69. The van der Waals surface area contributed by atoms with E-state index in [1.165, 1.54) is 0 Å². The minimum Gasteiger partial charge on any atom is -0.379 e. The topological polar surface area (TPSA) is 53.6 Å². The van der Waals surface area contributed by atoms with Crippen LogP contribution in [0, 0.1) is 0 Å². The maximum atomic E-state index is 11.6. The van der Waals surface area contributed by atoms with Crippen molar-refractivity contribution in [3.8, 4) is 0 Å². The van der Waals surface area contributed by atoms with E-state index in [4.69, 9.17) is 4.74 Å². The first-order chi connectivity index (χ1) is 8.34. The number of hydrogen-bond donors (Lipinski definition) is 2. The van der Waals surface area contributed by atoms with Gasteiger partial charge in [-0.25, -0.2) is 10.4 Å². The molecule has 0 saturated carbocycles. The molecule has 1 heterocycles. The first-order valence-electron chi connectivity index (χ1n) is 5.76. The molecule has 5 heteroatoms. The van der Waals surface area contributed by atoms with Crippen molar-refractivity contribution >= 4 is 11.6 Å². The van der Waals surface area contributed by atoms with Crippen LogP contribution in [-0.2, 0) is 9.53 Å². The summed E-state index contributed by atoms with van der Waals surface area (Å²) in [5.74, 6) is -0.0392. The number of nitrogens with zero attached hydrogens (tertiary/aromatic N) is 1. The Hall–Kier alpha value is -1.43. The maximum absolute atomic E-state index is 11.6. The number of amides is 1. The van der Waals surface area contributed by atoms with E-state index < -0.39 is 0 Å². The summed E-state index contributed by atoms with van der Waals surface area (Å²) in [4.78, 5) is 11.6. The maximum Gasteiger partial charge on any atom is 0.239 e. The molecule has 1 aromatic carbocycles. The highest BCUT2D eigenvalue weighted by Crippen LogP contribution is 2.04. The smallest absolute Gasteiger partial charge is 0.239 e. The van der Waals surface area contributed by atoms with Crippen LogP contribution in [0.3, 0.4) is 0 Å². The van der Waals surface area contributed by atoms with Gasteiger partial charge in [0.05, 0.1) is 19.8 Å². The van der Waals surface area contributed by atoms with Crippen molar-refractivity contribution in [3.05, 3.63) is 30.3 Å². The summed E-state index contributed by atoms with van der Waals surface area (Å²) in [5.41, 5.74) is 3.90. The van der Waals surface area contributed by atoms with Crippen molar-refractivity contribution in [1.29, 1.82) is 0 Å². The Bertz CT molecular complexity index is 350. The molecule has 0 unspecified atom stereocenters. The molecule has 2 rings (SSSR count). The van der Waals surface area contributed by atoms with Gasteiger partial charge in [0.1, 0.15) is 0 Å². The number of nitrogens with one attached hydrogen (secondary N) is 2. The van der Waals surface area contributed by atoms with Crippen LogP contribution in [0.2, 0.25) is 0 Å². The number of para-hydroxylation sites is 1. The molecule has 0 aliphatic carbocycles. The van der Waals surface area contributed by atoms with Gasteiger partial charge in [0.15, 0.2) is 0 Å². The zero-order valence-corrected chi connectivity index (χ0v) is 9.69. The van der Waals surface area contributed by atoms with Gasteiger partial charge in [-0.05, 0) is 12.1 Å². The molecule has 0 aromatic heterocycles. The van der Waals surface area contributed by atoms with Crippen LogP contribution in [0.25, 0.3) is 0 Å². The number of ether oxygens (including phenoxy) is 1. The van der Waals surface area contributed by atoms with E-state index in [2.05, 4.69) is 10.7 Å². The van der Waals surface area contributed by atoms with E-state index in [1.54, 1.807) is 0 Å². The molecule has 92 valence electrons. The minimum atomic E-state index is -0.0392. The lowest BCUT2D eigenvalue weighted by molar-refractivity contribution is -0.116. The highest BCUT2D eigenvalue weighted by Gasteiger charge is 2.10. The molecule has 0 bridgehead atoms. The number of hydrazine groups is 1. The van der Waals surface area contributed by atoms with E-state index in [0.717, 1.165) is 18.8 Å². The normalized spacial score (nSPS) is 16.7. The van der Waals surface area contributed by atoms with E-state index in [-0.39, 0.29) is 12.5 Å². The van der Waals surface area contributed by atoms with Crippen LogP contribution in [0.1, 0.15) is 0 Å². The van der Waals surface area contributed by atoms with Gasteiger partial charge < -0.3 is 10.1 Å². The van der Waals surface area contributed by atoms with Gasteiger partial charge >= 0.3 is 0 Å². The molecule has 1 amide bonds. The second-order valence-electron chi connectivity index (χ2n) is 3.85. The lowest BCUT2D eigenvalue weighted by atomic mass is 10.3. The van der Waals surface area contributed by atoms with Crippen molar-refractivity contribution in [1.82, 2.24) is 10.4 Å². The van der Waals surface area contributed by atoms with E-state index in [9.17, 15) is 4.79 Å². The van der Waals surface area contributed by atoms with Crippen molar-refractivity contribution in [3.63, 3.8) is 0 Å². The largest absolute Gasteiger partial charge is 0.379 e. The molecule has 0 atom stereocenters. The highest BCUT2D eigenvalue weighted by atomic mass is 16.5. The summed E-state index contributed by atoms with van der Waals surface area (Å²) < 4.78 is 5.22. The first kappa shape index (κ1) is 12.0. The Kier molecular flexibility index (Phi) is 4.49. The Labute approximate surface area is 101 Å². The molecule has 1 fully saturated rings. The van der Waals surface area contributed by atoms with Crippen molar-refractivity contribution < 1.29 is 9.53 Å². The van der Waals surface area contributed by atoms with Gasteiger partial charge in [-0.2, -0.15) is 0 Å². The average molecular weight is 235 g/mol. The number of morpholine rings is 1. The molecule has 1 aliphatic heterocycles. The third-order valence-corrected chi connectivity index (χ3v) is 2.53. The molecule has 17 heavy (non-hydrogen) atoms. The predicted molar refractivity (Wildman–Crippen MR) is 65.5 cm³/mol. The summed E-state index contributed by atoms with van der Waals surface area (Å²) in [6.45, 7) is 3.35. The molecule has 0 spiro atoms. The summed E-state index contributed by atoms with van der Waals surface area (Å²) in [6.07, 6.45) is 0. The molecular weight excluding hydrogens is 218 g/mol. The van der Waals surface area contributed by atoms with Crippen LogP contribution in [0.5, 0.6) is 0 Å². The average Bonchev–Trinajstić information content (AvgIpc) is 2.39. The summed E-state index contributed by atoms with van der Waals surface area (Å²) in [5, 5.41) is 4.83. The van der Waals surface area contributed by atoms with Crippen molar-refractivity contribution in [2.45, 2.75) is 0 Å². The van der Waals surface area contributed by atoms with E-state index in [0.29, 0.717) is 13.2 Å². The van der Waals surface area contributed by atoms with E-state index in [1.807, 2.05) is 35.3 Å². The molecule has 1 aliphatic rings. The predicted octanol–water partition coefficient (Wildman–Crippen LogP) is 0.462. The quantitative estimate of drug-likeness (QED) is 0.796. The second kappa shape index (κ2) is 6.34. The van der Waals surface area contributed by atoms with Crippen LogP contribution in [-0.4, -0.2) is 43.8 Å². The van der Waals surface area contributed by atoms with Crippen LogP contribution >= 0.6 is 0 Å². The summed E-state index contributed by atoms with van der Waals surface area (Å²) in [6, 6.07) is 9.44. The molecule has 2 N–H and O–H groups in total. The number of hydrogen-bond acceptors (Lipinski definition) is 4. The Morgan fingerprint density at radius 3 is 2.65 bits per heavy atom. The third kappa shape index (κ3) is 4.14. The number of anilines is 1. The van der Waals surface area contributed by atoms with Gasteiger partial charge in [-0.3, -0.25) is 4.79 Å². The molecule has 1 saturated heterocycles. The number of benzene rings is 1. The lowest BCUT2D eigenvalue weighted by Gasteiger charge is -2.26. The fourth-order valence-corrected chi connectivity index (χ4v) is 1.63. The molecule has 0 radical (unpaired) electrons. The van der Waals surface area contributed by atoms with Gasteiger partial charge in [-0.1, -0.05) is 18.2 Å². The standard InChI is InChI=1S/C12H17N3O2/c16-12(14-11-4-2-1-3-5-11)10-13-15-6-8-17-9-7-15/h1-5,13H,6-10H2,(H,14,16). The van der Waals surface area contributed by atoms with Crippen molar-refractivity contribution in [2.75, 3.05) is 38.2 Å². The lowest BCUT2D eigenvalue weighted by Crippen LogP contribution is -2.48. The third-order valence-electron chi connectivity index (χ3n) is 2.53. The number of carbonyl (C=O) groups excluding carboxylic acids is 1. The van der Waals surface area contributed by atoms with Gasteiger partial charge in [0, 0.05) is 18.8 Å². The van der Waals surface area contributed by atoms with Crippen LogP contribution in [0.15, 0.2) is 30.3 Å². The molecule has 1 aromatic rings. The second-order valence-corrected chi connectivity index (χ2v) is 3.85. The van der Waals surface area contributed by atoms with Crippen molar-refractivity contribution in [2.24, 2.45) is 0 Å². The minimum absolute atomic E-state index is 0.0392. The number of rotatable bonds is 4. The summed E-state index contributed by atoms with van der Waals surface area (Å²) >= 11 is 0. The Morgan fingerprint density at radius 2 is 1.94 bits per heavy atom. The molecule has 5 nitrogen and oxygen atoms in total. The zero-order chi connectivity index (χ0) is 11.9. The Morgan fingerprint density at radius 1 is 1.24 bits per heavy atom. The summed E-state index contributed by atoms with van der Waals surface area (Å²) in [7, 11) is 0. The Balaban J connectivity index is 1.70. The number of carbonyl (C=O) groups is 1. The first-order valence-corrected chi connectivity index (χ1v) is 5.76. The SMILES string of the molecule is O=C(CNN1CCOCC1)Nc1ccccc1. The van der Waals surface area contributed by atoms with Gasteiger partial charge in [0.2, 0.25) is 5.91 Å². The highest BCUT2D eigenvalue weighted by molar-refractivity contribution is 5.92. The fourth-order valence-electron chi connectivity index (χ4n) is 1.63. The fraction of sp³-hybridized carbons (Fsp3) is 0.417. The van der Waals surface area contributed by atoms with Gasteiger partial charge in [-0.15, -0.1) is 0 Å². The monoisotopic (exact) mass is 235 g/mol.